The Kier molecular flexibility index (Phi) is 2.62. The molecule has 5 heteroatoms. The van der Waals surface area contributed by atoms with Crippen LogP contribution in [-0.2, 0) is 11.3 Å². The summed E-state index contributed by atoms with van der Waals surface area (Å²) in [6.45, 7) is 5.62. The molecule has 0 aromatic carbocycles. The van der Waals surface area contributed by atoms with Crippen LogP contribution in [0.25, 0.3) is 0 Å². The van der Waals surface area contributed by atoms with E-state index in [1.165, 1.54) is 6.20 Å². The second-order valence-electron chi connectivity index (χ2n) is 3.68. The third kappa shape index (κ3) is 1.82. The van der Waals surface area contributed by atoms with Crippen LogP contribution in [-0.4, -0.2) is 29.0 Å². The average molecular weight is 210 g/mol. The first-order chi connectivity index (χ1) is 7.22. The van der Waals surface area contributed by atoms with Crippen molar-refractivity contribution in [1.82, 2.24) is 9.78 Å². The molecule has 0 saturated carbocycles. The highest BCUT2D eigenvalue weighted by atomic mass is 16.5. The Morgan fingerprint density at radius 2 is 2.60 bits per heavy atom. The normalized spacial score (nSPS) is 19.2. The molecule has 2 heterocycles. The van der Waals surface area contributed by atoms with Crippen LogP contribution in [0.2, 0.25) is 0 Å². The zero-order chi connectivity index (χ0) is 10.8. The van der Waals surface area contributed by atoms with Gasteiger partial charge in [-0.3, -0.25) is 0 Å². The maximum atomic E-state index is 11.5. The lowest BCUT2D eigenvalue weighted by Crippen LogP contribution is -2.24. The molecule has 0 radical (unpaired) electrons. The zero-order valence-electron chi connectivity index (χ0n) is 8.90. The fourth-order valence-electron chi connectivity index (χ4n) is 1.57. The topological polar surface area (TPSA) is 53.3 Å². The summed E-state index contributed by atoms with van der Waals surface area (Å²) in [4.78, 5) is 11.5. The van der Waals surface area contributed by atoms with Gasteiger partial charge in [0.15, 0.2) is 0 Å². The van der Waals surface area contributed by atoms with E-state index in [-0.39, 0.29) is 5.97 Å². The Hall–Kier alpha value is -1.52. The van der Waals surface area contributed by atoms with Gasteiger partial charge in [-0.1, -0.05) is 6.92 Å². The lowest BCUT2D eigenvalue weighted by Gasteiger charge is -2.21. The number of hydrogen-bond donors (Lipinski definition) is 0. The molecule has 1 aromatic rings. The lowest BCUT2D eigenvalue weighted by atomic mass is 10.2. The molecule has 0 unspecified atom stereocenters. The highest BCUT2D eigenvalue weighted by Gasteiger charge is 2.24. The molecule has 5 nitrogen and oxygen atoms in total. The number of nitrogens with zero attached hydrogens (tertiary/aromatic N) is 2. The van der Waals surface area contributed by atoms with Gasteiger partial charge in [0.25, 0.3) is 0 Å². The van der Waals surface area contributed by atoms with Crippen LogP contribution in [0.5, 0.6) is 5.88 Å². The average Bonchev–Trinajstić information content (AvgIpc) is 2.60. The summed E-state index contributed by atoms with van der Waals surface area (Å²) in [5, 5.41) is 4.10. The number of carbonyl (C=O) groups is 1. The van der Waals surface area contributed by atoms with Crippen molar-refractivity contribution in [3.63, 3.8) is 0 Å². The number of esters is 1. The number of hydrogen-bond acceptors (Lipinski definition) is 4. The van der Waals surface area contributed by atoms with E-state index in [2.05, 4.69) is 12.0 Å². The molecule has 0 spiro atoms. The standard InChI is InChI=1S/C10H14N2O3/c1-3-14-10(13)8-4-11-12-5-7(2)6-15-9(8)12/h4,7H,3,5-6H2,1-2H3/t7-/m1/s1. The predicted molar refractivity (Wildman–Crippen MR) is 52.8 cm³/mol. The molecule has 1 aliphatic heterocycles. The van der Waals surface area contributed by atoms with Crippen molar-refractivity contribution in [2.75, 3.05) is 13.2 Å². The summed E-state index contributed by atoms with van der Waals surface area (Å²) in [5.74, 6) is 0.590. The third-order valence-electron chi connectivity index (χ3n) is 2.28. The molecule has 0 amide bonds. The number of aromatic nitrogens is 2. The summed E-state index contributed by atoms with van der Waals surface area (Å²) in [7, 11) is 0. The number of carbonyl (C=O) groups excluding carboxylic acids is 1. The zero-order valence-corrected chi connectivity index (χ0v) is 8.90. The minimum Gasteiger partial charge on any atom is -0.477 e. The van der Waals surface area contributed by atoms with Gasteiger partial charge in [-0.25, -0.2) is 9.48 Å². The summed E-state index contributed by atoms with van der Waals surface area (Å²) in [5.41, 5.74) is 0.420. The summed E-state index contributed by atoms with van der Waals surface area (Å²) >= 11 is 0. The van der Waals surface area contributed by atoms with E-state index in [1.54, 1.807) is 11.6 Å². The van der Waals surface area contributed by atoms with Crippen LogP contribution in [0.3, 0.4) is 0 Å². The van der Waals surface area contributed by atoms with Crippen LogP contribution in [0.1, 0.15) is 24.2 Å². The van der Waals surface area contributed by atoms with Crippen LogP contribution in [0, 0.1) is 5.92 Å². The van der Waals surface area contributed by atoms with E-state index in [0.29, 0.717) is 30.6 Å². The number of ether oxygens (including phenoxy) is 2. The molecule has 0 aliphatic carbocycles. The molecule has 2 rings (SSSR count). The number of fused-ring (bicyclic) bond motifs is 1. The quantitative estimate of drug-likeness (QED) is 0.685. The minimum atomic E-state index is -0.367. The Balaban J connectivity index is 2.24. The Morgan fingerprint density at radius 1 is 1.80 bits per heavy atom. The Labute approximate surface area is 88.0 Å². The van der Waals surface area contributed by atoms with Gasteiger partial charge in [-0.2, -0.15) is 5.10 Å². The first-order valence-electron chi connectivity index (χ1n) is 5.08. The van der Waals surface area contributed by atoms with E-state index >= 15 is 0 Å². The summed E-state index contributed by atoms with van der Waals surface area (Å²) < 4.78 is 12.1. The highest BCUT2D eigenvalue weighted by molar-refractivity contribution is 5.91. The van der Waals surface area contributed by atoms with Gasteiger partial charge in [-0.15, -0.1) is 0 Å². The van der Waals surface area contributed by atoms with E-state index in [0.717, 1.165) is 6.54 Å². The molecule has 0 fully saturated rings. The maximum Gasteiger partial charge on any atom is 0.345 e. The molecule has 15 heavy (non-hydrogen) atoms. The van der Waals surface area contributed by atoms with E-state index in [9.17, 15) is 4.79 Å². The molecule has 0 saturated heterocycles. The van der Waals surface area contributed by atoms with Crippen molar-refractivity contribution in [2.24, 2.45) is 5.92 Å². The predicted octanol–water partition coefficient (Wildman–Crippen LogP) is 1.09. The van der Waals surface area contributed by atoms with Gasteiger partial charge in [0.1, 0.15) is 5.56 Å². The van der Waals surface area contributed by atoms with Crippen molar-refractivity contribution < 1.29 is 14.3 Å². The van der Waals surface area contributed by atoms with Gasteiger partial charge in [0, 0.05) is 5.92 Å². The molecule has 82 valence electrons. The van der Waals surface area contributed by atoms with Crippen LogP contribution < -0.4 is 4.74 Å². The van der Waals surface area contributed by atoms with Gasteiger partial charge in [0.2, 0.25) is 5.88 Å². The minimum absolute atomic E-state index is 0.361. The fourth-order valence-corrected chi connectivity index (χ4v) is 1.57. The lowest BCUT2D eigenvalue weighted by molar-refractivity contribution is 0.0517. The summed E-state index contributed by atoms with van der Waals surface area (Å²) in [6.07, 6.45) is 1.51. The maximum absolute atomic E-state index is 11.5. The molecule has 1 aromatic heterocycles. The van der Waals surface area contributed by atoms with Crippen LogP contribution in [0.15, 0.2) is 6.20 Å². The summed E-state index contributed by atoms with van der Waals surface area (Å²) in [6, 6.07) is 0. The SMILES string of the molecule is CCOC(=O)c1cnn2c1OC[C@H](C)C2. The van der Waals surface area contributed by atoms with E-state index in [4.69, 9.17) is 9.47 Å². The van der Waals surface area contributed by atoms with Gasteiger partial charge in [-0.05, 0) is 6.92 Å². The monoisotopic (exact) mass is 210 g/mol. The van der Waals surface area contributed by atoms with Crippen molar-refractivity contribution >= 4 is 5.97 Å². The molecule has 1 atom stereocenters. The van der Waals surface area contributed by atoms with Crippen molar-refractivity contribution in [2.45, 2.75) is 20.4 Å². The smallest absolute Gasteiger partial charge is 0.345 e. The third-order valence-corrected chi connectivity index (χ3v) is 2.28. The second kappa shape index (κ2) is 3.92. The van der Waals surface area contributed by atoms with Gasteiger partial charge < -0.3 is 9.47 Å². The van der Waals surface area contributed by atoms with Gasteiger partial charge >= 0.3 is 5.97 Å². The van der Waals surface area contributed by atoms with E-state index < -0.39 is 0 Å². The van der Waals surface area contributed by atoms with E-state index in [1.807, 2.05) is 0 Å². The Bertz CT molecular complexity index is 373. The molecule has 1 aliphatic rings. The fraction of sp³-hybridized carbons (Fsp3) is 0.600. The molecular formula is C10H14N2O3. The van der Waals surface area contributed by atoms with Crippen molar-refractivity contribution in [1.29, 1.82) is 0 Å². The molecule has 0 N–H and O–H groups in total. The Morgan fingerprint density at radius 3 is 3.33 bits per heavy atom. The van der Waals surface area contributed by atoms with Crippen LogP contribution in [0.4, 0.5) is 0 Å². The first-order valence-corrected chi connectivity index (χ1v) is 5.08. The first kappa shape index (κ1) is 10.0. The van der Waals surface area contributed by atoms with Crippen LogP contribution >= 0.6 is 0 Å². The number of rotatable bonds is 2. The highest BCUT2D eigenvalue weighted by Crippen LogP contribution is 2.24. The largest absolute Gasteiger partial charge is 0.477 e. The van der Waals surface area contributed by atoms with Gasteiger partial charge in [0.05, 0.1) is 26.0 Å². The van der Waals surface area contributed by atoms with Crippen molar-refractivity contribution in [3.8, 4) is 5.88 Å². The molecule has 0 bridgehead atoms. The second-order valence-corrected chi connectivity index (χ2v) is 3.68. The van der Waals surface area contributed by atoms with Crippen molar-refractivity contribution in [3.05, 3.63) is 11.8 Å². The molecular weight excluding hydrogens is 196 g/mol.